The quantitative estimate of drug-likeness (QED) is 0.771. The Kier molecular flexibility index (Phi) is 2.72. The summed E-state index contributed by atoms with van der Waals surface area (Å²) in [7, 11) is 0. The summed E-state index contributed by atoms with van der Waals surface area (Å²) < 4.78 is 0.833. The van der Waals surface area contributed by atoms with Crippen molar-refractivity contribution in [1.82, 2.24) is 0 Å². The Balaban J connectivity index is 3.09. The van der Waals surface area contributed by atoms with Crippen molar-refractivity contribution in [2.45, 2.75) is 0 Å². The van der Waals surface area contributed by atoms with Crippen LogP contribution >= 0.6 is 27.5 Å². The van der Waals surface area contributed by atoms with Gasteiger partial charge in [-0.25, -0.2) is 0 Å². The first-order chi connectivity index (χ1) is 4.74. The Bertz CT molecular complexity index is 237. The minimum absolute atomic E-state index is 0.614. The molecule has 0 aliphatic rings. The minimum atomic E-state index is 0.614. The molecule has 1 aromatic rings. The first-order valence-corrected chi connectivity index (χ1v) is 3.83. The van der Waals surface area contributed by atoms with Crippen molar-refractivity contribution in [2.75, 3.05) is 0 Å². The molecule has 0 amide bonds. The minimum Gasteiger partial charge on any atom is -0.385 e. The van der Waals surface area contributed by atoms with Crippen LogP contribution in [0.4, 0.5) is 0 Å². The second kappa shape index (κ2) is 3.37. The van der Waals surface area contributed by atoms with E-state index in [2.05, 4.69) is 15.9 Å². The van der Waals surface area contributed by atoms with Crippen LogP contribution in [-0.2, 0) is 0 Å². The highest BCUT2D eigenvalue weighted by Crippen LogP contribution is 2.21. The van der Waals surface area contributed by atoms with E-state index in [4.69, 9.17) is 16.7 Å². The molecular weight excluding hydrogens is 215 g/mol. The Hall–Kier alpha value is -0.0500. The normalized spacial score (nSPS) is 9.90. The van der Waals surface area contributed by atoms with Gasteiger partial charge < -0.3 is 5.11 Å². The summed E-state index contributed by atoms with van der Waals surface area (Å²) in [5, 5.41) is 9.24. The molecule has 0 fully saturated rings. The molecule has 1 radical (unpaired) electrons. The molecule has 1 N–H and O–H groups in total. The van der Waals surface area contributed by atoms with Crippen LogP contribution in [0.3, 0.4) is 0 Å². The molecule has 0 bridgehead atoms. The van der Waals surface area contributed by atoms with Gasteiger partial charge in [0.2, 0.25) is 0 Å². The summed E-state index contributed by atoms with van der Waals surface area (Å²) in [6, 6.07) is 5.20. The van der Waals surface area contributed by atoms with Gasteiger partial charge in [0.1, 0.15) is 6.61 Å². The molecule has 10 heavy (non-hydrogen) atoms. The van der Waals surface area contributed by atoms with Crippen molar-refractivity contribution in [3.8, 4) is 0 Å². The predicted octanol–water partition coefficient (Wildman–Crippen LogP) is 2.98. The van der Waals surface area contributed by atoms with Crippen LogP contribution in [0.15, 0.2) is 22.7 Å². The lowest BCUT2D eigenvalue weighted by Gasteiger charge is -1.98. The molecule has 1 nitrogen and oxygen atoms in total. The highest BCUT2D eigenvalue weighted by Gasteiger charge is 1.97. The largest absolute Gasteiger partial charge is 0.385 e. The van der Waals surface area contributed by atoms with E-state index in [1.165, 1.54) is 0 Å². The van der Waals surface area contributed by atoms with E-state index in [0.29, 0.717) is 10.6 Å². The Morgan fingerprint density at radius 3 is 2.70 bits per heavy atom. The maximum Gasteiger partial charge on any atom is 0.110 e. The SMILES string of the molecule is O[CH]c1cc(Cl)ccc1Br. The monoisotopic (exact) mass is 219 g/mol. The molecule has 0 atom stereocenters. The zero-order valence-electron chi connectivity index (χ0n) is 5.01. The van der Waals surface area contributed by atoms with E-state index < -0.39 is 0 Å². The first kappa shape index (κ1) is 8.05. The van der Waals surface area contributed by atoms with Crippen LogP contribution in [0.1, 0.15) is 5.56 Å². The fourth-order valence-electron chi connectivity index (χ4n) is 0.614. The van der Waals surface area contributed by atoms with Crippen molar-refractivity contribution >= 4 is 27.5 Å². The van der Waals surface area contributed by atoms with Gasteiger partial charge in [0, 0.05) is 9.50 Å². The van der Waals surface area contributed by atoms with Gasteiger partial charge in [0.05, 0.1) is 0 Å². The van der Waals surface area contributed by atoms with Gasteiger partial charge in [0.15, 0.2) is 0 Å². The molecule has 53 valence electrons. The van der Waals surface area contributed by atoms with Gasteiger partial charge in [-0.05, 0) is 23.8 Å². The van der Waals surface area contributed by atoms with E-state index >= 15 is 0 Å². The van der Waals surface area contributed by atoms with Crippen molar-refractivity contribution < 1.29 is 5.11 Å². The number of hydrogen-bond donors (Lipinski definition) is 1. The van der Waals surface area contributed by atoms with Crippen LogP contribution in [-0.4, -0.2) is 5.11 Å². The molecule has 0 unspecified atom stereocenters. The third-order valence-electron chi connectivity index (χ3n) is 1.10. The van der Waals surface area contributed by atoms with Crippen LogP contribution in [0.2, 0.25) is 5.02 Å². The lowest BCUT2D eigenvalue weighted by molar-refractivity contribution is 0.414. The van der Waals surface area contributed by atoms with Crippen molar-refractivity contribution in [2.24, 2.45) is 0 Å². The number of hydrogen-bond acceptors (Lipinski definition) is 1. The molecule has 3 heteroatoms. The van der Waals surface area contributed by atoms with E-state index in [-0.39, 0.29) is 0 Å². The molecule has 0 heterocycles. The Morgan fingerprint density at radius 2 is 2.20 bits per heavy atom. The third kappa shape index (κ3) is 1.72. The number of rotatable bonds is 1. The number of aliphatic hydroxyl groups excluding tert-OH is 1. The van der Waals surface area contributed by atoms with Crippen LogP contribution in [0.25, 0.3) is 0 Å². The second-order valence-electron chi connectivity index (χ2n) is 1.79. The van der Waals surface area contributed by atoms with E-state index in [0.717, 1.165) is 11.1 Å². The fraction of sp³-hybridized carbons (Fsp3) is 0. The summed E-state index contributed by atoms with van der Waals surface area (Å²) in [6.45, 7) is 1.01. The van der Waals surface area contributed by atoms with E-state index in [1.54, 1.807) is 18.2 Å². The van der Waals surface area contributed by atoms with Crippen molar-refractivity contribution in [3.63, 3.8) is 0 Å². The summed E-state index contributed by atoms with van der Waals surface area (Å²) in [5.41, 5.74) is 0.688. The number of benzene rings is 1. The summed E-state index contributed by atoms with van der Waals surface area (Å²) in [6.07, 6.45) is 0. The van der Waals surface area contributed by atoms with Crippen molar-refractivity contribution in [3.05, 3.63) is 39.9 Å². The average molecular weight is 220 g/mol. The highest BCUT2D eigenvalue weighted by molar-refractivity contribution is 9.10. The fourth-order valence-corrected chi connectivity index (χ4v) is 1.14. The number of aliphatic hydroxyl groups is 1. The second-order valence-corrected chi connectivity index (χ2v) is 3.09. The standard InChI is InChI=1S/C7H5BrClO/c8-7-2-1-6(9)3-5(7)4-10/h1-4,10H. The Labute approximate surface area is 72.8 Å². The summed E-state index contributed by atoms with van der Waals surface area (Å²) in [5.74, 6) is 0. The van der Waals surface area contributed by atoms with Crippen molar-refractivity contribution in [1.29, 1.82) is 0 Å². The van der Waals surface area contributed by atoms with Crippen LogP contribution in [0, 0.1) is 6.61 Å². The average Bonchev–Trinajstić information content (AvgIpc) is 1.94. The maximum atomic E-state index is 8.63. The van der Waals surface area contributed by atoms with E-state index in [9.17, 15) is 0 Å². The smallest absolute Gasteiger partial charge is 0.110 e. The number of halogens is 2. The van der Waals surface area contributed by atoms with Crippen LogP contribution < -0.4 is 0 Å². The summed E-state index contributed by atoms with van der Waals surface area (Å²) in [4.78, 5) is 0. The maximum absolute atomic E-state index is 8.63. The molecule has 0 aliphatic heterocycles. The molecule has 1 aromatic carbocycles. The zero-order chi connectivity index (χ0) is 7.56. The molecule has 0 aliphatic carbocycles. The molecule has 0 spiro atoms. The first-order valence-electron chi connectivity index (χ1n) is 2.66. The van der Waals surface area contributed by atoms with Gasteiger partial charge in [-0.1, -0.05) is 27.5 Å². The van der Waals surface area contributed by atoms with Gasteiger partial charge in [-0.2, -0.15) is 0 Å². The molecule has 0 saturated heterocycles. The zero-order valence-corrected chi connectivity index (χ0v) is 7.35. The lowest BCUT2D eigenvalue weighted by atomic mass is 10.2. The van der Waals surface area contributed by atoms with Gasteiger partial charge in [-0.15, -0.1) is 0 Å². The topological polar surface area (TPSA) is 20.2 Å². The molecule has 0 aromatic heterocycles. The van der Waals surface area contributed by atoms with Gasteiger partial charge in [-0.3, -0.25) is 0 Å². The molecular formula is C7H5BrClO. The van der Waals surface area contributed by atoms with Gasteiger partial charge in [0.25, 0.3) is 0 Å². The van der Waals surface area contributed by atoms with Gasteiger partial charge >= 0.3 is 0 Å². The highest BCUT2D eigenvalue weighted by atomic mass is 79.9. The Morgan fingerprint density at radius 1 is 1.50 bits per heavy atom. The summed E-state index contributed by atoms with van der Waals surface area (Å²) >= 11 is 8.88. The predicted molar refractivity (Wildman–Crippen MR) is 44.5 cm³/mol. The van der Waals surface area contributed by atoms with Crippen LogP contribution in [0.5, 0.6) is 0 Å². The van der Waals surface area contributed by atoms with E-state index in [1.807, 2.05) is 0 Å². The third-order valence-corrected chi connectivity index (χ3v) is 2.05. The lowest BCUT2D eigenvalue weighted by Crippen LogP contribution is -1.80. The molecule has 0 saturated carbocycles. The molecule has 1 rings (SSSR count).